The van der Waals surface area contributed by atoms with E-state index in [4.69, 9.17) is 21.1 Å². The van der Waals surface area contributed by atoms with Gasteiger partial charge < -0.3 is 24.5 Å². The number of aryl methyl sites for hydroxylation is 2. The van der Waals surface area contributed by atoms with E-state index in [-0.39, 0.29) is 35.4 Å². The maximum Gasteiger partial charge on any atom is 0.329 e. The van der Waals surface area contributed by atoms with Gasteiger partial charge in [0.25, 0.3) is 10.0 Å². The van der Waals surface area contributed by atoms with Gasteiger partial charge in [-0.3, -0.25) is 4.98 Å². The Balaban J connectivity index is 1.09. The predicted molar refractivity (Wildman–Crippen MR) is 208 cm³/mol. The minimum atomic E-state index is -3.75. The molecule has 3 aliphatic carbocycles. The first kappa shape index (κ1) is 38.2. The number of rotatable bonds is 14. The third-order valence-electron chi connectivity index (χ3n) is 11.9. The first-order valence-electron chi connectivity index (χ1n) is 19.0. The van der Waals surface area contributed by atoms with Crippen LogP contribution in [0.4, 0.5) is 5.69 Å². The van der Waals surface area contributed by atoms with Crippen molar-refractivity contribution in [3.8, 4) is 11.5 Å². The molecule has 7 rings (SSSR count). The summed E-state index contributed by atoms with van der Waals surface area (Å²) >= 11 is 6.28. The highest BCUT2D eigenvalue weighted by Gasteiger charge is 2.54. The van der Waals surface area contributed by atoms with Crippen LogP contribution < -0.4 is 19.5 Å². The van der Waals surface area contributed by atoms with Crippen LogP contribution in [0.3, 0.4) is 0 Å². The second-order valence-corrected chi connectivity index (χ2v) is 17.8. The van der Waals surface area contributed by atoms with Gasteiger partial charge in [0.2, 0.25) is 0 Å². The van der Waals surface area contributed by atoms with Crippen molar-refractivity contribution in [3.05, 3.63) is 94.7 Å². The Morgan fingerprint density at radius 3 is 2.67 bits per heavy atom. The molecule has 1 unspecified atom stereocenters. The molecule has 3 N–H and O–H groups in total. The molecule has 11 nitrogen and oxygen atoms in total. The number of carboxylic acid groups (broad SMARTS) is 1. The molecule has 4 aromatic rings. The number of nitrogens with one attached hydrogen (secondary N) is 2. The van der Waals surface area contributed by atoms with Crippen LogP contribution in [0.15, 0.2) is 72.3 Å². The Bertz CT molecular complexity index is 2100. The lowest BCUT2D eigenvalue weighted by Crippen LogP contribution is -2.53. The van der Waals surface area contributed by atoms with Crippen LogP contribution in [0.5, 0.6) is 11.5 Å². The Morgan fingerprint density at radius 2 is 1.93 bits per heavy atom. The molecule has 0 bridgehead atoms. The average molecular weight is 776 g/mol. The number of halogens is 1. The third kappa shape index (κ3) is 7.83. The molecule has 2 aromatic carbocycles. The summed E-state index contributed by atoms with van der Waals surface area (Å²) in [7, 11) is -2.04. The van der Waals surface area contributed by atoms with Crippen molar-refractivity contribution in [2.75, 3.05) is 25.1 Å². The average Bonchev–Trinajstić information content (AvgIpc) is 3.71. The first-order chi connectivity index (χ1) is 25.9. The monoisotopic (exact) mass is 775 g/mol. The van der Waals surface area contributed by atoms with Gasteiger partial charge in [0.1, 0.15) is 23.6 Å². The molecule has 3 aliphatic rings. The number of aromatic nitrogens is 3. The number of hydrogen-bond acceptors (Lipinski definition) is 8. The summed E-state index contributed by atoms with van der Waals surface area (Å²) in [6.07, 6.45) is 12.1. The molecule has 1 saturated carbocycles. The van der Waals surface area contributed by atoms with E-state index in [1.165, 1.54) is 29.2 Å². The third-order valence-corrected chi connectivity index (χ3v) is 13.5. The van der Waals surface area contributed by atoms with Crippen LogP contribution in [-0.4, -0.2) is 59.3 Å². The Hall–Kier alpha value is -4.13. The normalized spacial score (nSPS) is 24.1. The van der Waals surface area contributed by atoms with Crippen LogP contribution in [0, 0.1) is 11.8 Å². The quantitative estimate of drug-likeness (QED) is 0.113. The van der Waals surface area contributed by atoms with E-state index in [1.54, 1.807) is 23.7 Å². The topological polar surface area (TPSA) is 145 Å². The highest BCUT2D eigenvalue weighted by atomic mass is 35.5. The van der Waals surface area contributed by atoms with Crippen molar-refractivity contribution < 1.29 is 27.8 Å². The molecule has 1 spiro atoms. The van der Waals surface area contributed by atoms with Gasteiger partial charge >= 0.3 is 5.97 Å². The molecule has 13 heteroatoms. The molecular formula is C41H50ClN5O6S. The number of carbonyl (C=O) groups is 1. The smallest absolute Gasteiger partial charge is 0.329 e. The Labute approximate surface area is 322 Å². The van der Waals surface area contributed by atoms with E-state index in [1.807, 2.05) is 30.5 Å². The van der Waals surface area contributed by atoms with Crippen LogP contribution in [0.1, 0.15) is 87.1 Å². The van der Waals surface area contributed by atoms with E-state index >= 15 is 0 Å². The van der Waals surface area contributed by atoms with Crippen LogP contribution in [-0.2, 0) is 40.1 Å². The highest BCUT2D eigenvalue weighted by Crippen LogP contribution is 2.57. The summed E-state index contributed by atoms with van der Waals surface area (Å²) in [5.41, 5.74) is 4.16. The maximum absolute atomic E-state index is 13.0. The molecule has 2 aromatic heterocycles. The predicted octanol–water partition coefficient (Wildman–Crippen LogP) is 7.29. The van der Waals surface area contributed by atoms with E-state index in [9.17, 15) is 18.3 Å². The number of nitrogens with zero attached hydrogens (tertiary/aromatic N) is 3. The SMILES string of the molecule is C[C@@H](COc1ccnc2c1[C@H](C)CCC2)CC1Cc2ccc(OCCNS(=O)(=O)c3cn(C)cn3)cc2C12CCC(Nc1cccc(Cl)c1)(C(=O)O)CC2. The molecule has 3 atom stereocenters. The number of ether oxygens (including phenoxy) is 2. The van der Waals surface area contributed by atoms with Crippen molar-refractivity contribution in [1.29, 1.82) is 0 Å². The summed E-state index contributed by atoms with van der Waals surface area (Å²) in [6.45, 7) is 5.31. The number of fused-ring (bicyclic) bond motifs is 3. The van der Waals surface area contributed by atoms with Gasteiger partial charge in [-0.1, -0.05) is 37.6 Å². The minimum Gasteiger partial charge on any atom is -0.493 e. The number of imidazole rings is 1. The van der Waals surface area contributed by atoms with Gasteiger partial charge in [-0.2, -0.15) is 0 Å². The molecule has 2 heterocycles. The zero-order valence-corrected chi connectivity index (χ0v) is 32.8. The number of pyridine rings is 1. The number of benzene rings is 2. The largest absolute Gasteiger partial charge is 0.493 e. The van der Waals surface area contributed by atoms with E-state index < -0.39 is 21.5 Å². The van der Waals surface area contributed by atoms with Gasteiger partial charge in [0.05, 0.1) is 12.9 Å². The summed E-state index contributed by atoms with van der Waals surface area (Å²) < 4.78 is 42.2. The molecule has 1 fully saturated rings. The van der Waals surface area contributed by atoms with E-state index in [0.29, 0.717) is 54.7 Å². The molecule has 0 radical (unpaired) electrons. The number of aliphatic carboxylic acids is 1. The summed E-state index contributed by atoms with van der Waals surface area (Å²) in [4.78, 5) is 21.6. The van der Waals surface area contributed by atoms with E-state index in [0.717, 1.165) is 43.5 Å². The summed E-state index contributed by atoms with van der Waals surface area (Å²) in [6, 6.07) is 15.4. The van der Waals surface area contributed by atoms with Crippen molar-refractivity contribution in [3.63, 3.8) is 0 Å². The molecule has 0 amide bonds. The van der Waals surface area contributed by atoms with Gasteiger partial charge in [0.15, 0.2) is 5.03 Å². The second kappa shape index (κ2) is 15.5. The lowest BCUT2D eigenvalue weighted by Gasteiger charge is -2.47. The Kier molecular flexibility index (Phi) is 11.0. The van der Waals surface area contributed by atoms with Crippen LogP contribution >= 0.6 is 11.6 Å². The molecule has 0 aliphatic heterocycles. The number of sulfonamides is 1. The fourth-order valence-corrected chi connectivity index (χ4v) is 10.3. The zero-order valence-electron chi connectivity index (χ0n) is 31.2. The molecule has 0 saturated heterocycles. The van der Waals surface area contributed by atoms with Crippen molar-refractivity contribution >= 4 is 33.3 Å². The van der Waals surface area contributed by atoms with Gasteiger partial charge in [-0.05, 0) is 128 Å². The fourth-order valence-electron chi connectivity index (χ4n) is 9.11. The van der Waals surface area contributed by atoms with Gasteiger partial charge in [-0.15, -0.1) is 0 Å². The summed E-state index contributed by atoms with van der Waals surface area (Å²) in [5.74, 6) is 1.69. The number of hydrogen-bond donors (Lipinski definition) is 3. The first-order valence-corrected chi connectivity index (χ1v) is 20.9. The van der Waals surface area contributed by atoms with Crippen molar-refractivity contribution in [1.82, 2.24) is 19.3 Å². The lowest BCUT2D eigenvalue weighted by molar-refractivity contribution is -0.144. The number of carboxylic acids is 1. The minimum absolute atomic E-state index is 0.0376. The highest BCUT2D eigenvalue weighted by molar-refractivity contribution is 7.89. The zero-order chi connectivity index (χ0) is 38.1. The summed E-state index contributed by atoms with van der Waals surface area (Å²) in [5, 5.41) is 14.5. The maximum atomic E-state index is 13.0. The van der Waals surface area contributed by atoms with Crippen LogP contribution in [0.25, 0.3) is 0 Å². The molecule has 54 heavy (non-hydrogen) atoms. The fraction of sp³-hybridized carbons (Fsp3) is 0.488. The number of anilines is 1. The lowest BCUT2D eigenvalue weighted by atomic mass is 9.59. The Morgan fingerprint density at radius 1 is 1.11 bits per heavy atom. The van der Waals surface area contributed by atoms with Crippen LogP contribution in [0.2, 0.25) is 5.02 Å². The van der Waals surface area contributed by atoms with Crippen molar-refractivity contribution in [2.24, 2.45) is 18.9 Å². The van der Waals surface area contributed by atoms with Crippen molar-refractivity contribution in [2.45, 2.75) is 93.5 Å². The van der Waals surface area contributed by atoms with E-state index in [2.05, 4.69) is 46.0 Å². The standard InChI is InChI=1S/C41H50ClN5O6S/c1-27(25-53-36-12-17-43-35-9-4-6-28(2)38(35)36)20-30-21-29-10-11-33(52-19-18-45-54(50,51)37-24-47(3)26-44-37)23-34(29)40(30)13-15-41(16-14-40,39(48)49)46-32-8-5-7-31(42)22-32/h5,7-8,10-12,17,22-24,26-28,30,45-46H,4,6,9,13-16,18-21,25H2,1-3H3,(H,48,49)/t27-,28-,30?,40?,41?/m1/s1. The molecule has 288 valence electrons. The van der Waals surface area contributed by atoms with Gasteiger partial charge in [0, 0.05) is 48.0 Å². The second-order valence-electron chi connectivity index (χ2n) is 15.6. The molecular weight excluding hydrogens is 726 g/mol. The van der Waals surface area contributed by atoms with Gasteiger partial charge in [-0.25, -0.2) is 22.9 Å².